The van der Waals surface area contributed by atoms with Crippen molar-refractivity contribution in [3.8, 4) is 0 Å². The number of carbonyl (C=O) groups excluding carboxylic acids is 3. The van der Waals surface area contributed by atoms with Gasteiger partial charge in [-0.15, -0.1) is 6.58 Å². The Hall–Kier alpha value is -2.09. The molecular formula is C20H36N4O4. The van der Waals surface area contributed by atoms with Crippen molar-refractivity contribution in [2.24, 2.45) is 5.92 Å². The van der Waals surface area contributed by atoms with E-state index in [1.165, 1.54) is 0 Å². The molecule has 8 heteroatoms. The highest BCUT2D eigenvalue weighted by molar-refractivity contribution is 5.95. The molecule has 1 aliphatic heterocycles. The monoisotopic (exact) mass is 396 g/mol. The van der Waals surface area contributed by atoms with Crippen LogP contribution in [0.25, 0.3) is 0 Å². The second kappa shape index (κ2) is 11.0. The first kappa shape index (κ1) is 23.9. The minimum Gasteiger partial charge on any atom is -0.444 e. The van der Waals surface area contributed by atoms with E-state index in [4.69, 9.17) is 4.74 Å². The Morgan fingerprint density at radius 3 is 2.57 bits per heavy atom. The van der Waals surface area contributed by atoms with Crippen molar-refractivity contribution in [1.29, 1.82) is 0 Å². The number of ether oxygens (including phenoxy) is 1. The fourth-order valence-corrected chi connectivity index (χ4v) is 3.12. The van der Waals surface area contributed by atoms with E-state index in [2.05, 4.69) is 17.2 Å². The summed E-state index contributed by atoms with van der Waals surface area (Å²) < 4.78 is 5.53. The third kappa shape index (κ3) is 9.21. The molecule has 1 saturated heterocycles. The predicted molar refractivity (Wildman–Crippen MR) is 109 cm³/mol. The minimum atomic E-state index is -0.535. The molecule has 2 N–H and O–H groups in total. The summed E-state index contributed by atoms with van der Waals surface area (Å²) in [4.78, 5) is 39.9. The topological polar surface area (TPSA) is 91.0 Å². The molecule has 1 atom stereocenters. The minimum absolute atomic E-state index is 0.0297. The Bertz CT molecular complexity index is 557. The predicted octanol–water partition coefficient (Wildman–Crippen LogP) is 2.36. The smallest absolute Gasteiger partial charge is 0.410 e. The third-order valence-corrected chi connectivity index (χ3v) is 4.34. The van der Waals surface area contributed by atoms with Gasteiger partial charge in [-0.05, 0) is 59.9 Å². The van der Waals surface area contributed by atoms with Crippen molar-refractivity contribution >= 4 is 18.0 Å². The summed E-state index contributed by atoms with van der Waals surface area (Å²) in [7, 11) is 0. The first-order valence-corrected chi connectivity index (χ1v) is 9.92. The summed E-state index contributed by atoms with van der Waals surface area (Å²) in [5.41, 5.74) is -0.535. The molecule has 0 unspecified atom stereocenters. The summed E-state index contributed by atoms with van der Waals surface area (Å²) in [6.45, 7) is 15.6. The zero-order valence-corrected chi connectivity index (χ0v) is 17.9. The Labute approximate surface area is 168 Å². The van der Waals surface area contributed by atoms with Gasteiger partial charge >= 0.3 is 12.1 Å². The van der Waals surface area contributed by atoms with Crippen molar-refractivity contribution in [3.63, 3.8) is 0 Å². The van der Waals surface area contributed by atoms with E-state index in [1.54, 1.807) is 11.0 Å². The second-order valence-corrected chi connectivity index (χ2v) is 8.52. The maximum atomic E-state index is 12.5. The summed E-state index contributed by atoms with van der Waals surface area (Å²) in [5.74, 6) is -0.0823. The molecular weight excluding hydrogens is 360 g/mol. The Morgan fingerprint density at radius 1 is 1.32 bits per heavy atom. The largest absolute Gasteiger partial charge is 0.444 e. The molecule has 0 aromatic heterocycles. The van der Waals surface area contributed by atoms with Crippen LogP contribution < -0.4 is 10.6 Å². The van der Waals surface area contributed by atoms with E-state index < -0.39 is 11.6 Å². The number of nitrogens with zero attached hydrogens (tertiary/aromatic N) is 2. The summed E-state index contributed by atoms with van der Waals surface area (Å²) in [6.07, 6.45) is 3.17. The van der Waals surface area contributed by atoms with Crippen LogP contribution in [0.4, 0.5) is 9.59 Å². The van der Waals surface area contributed by atoms with Gasteiger partial charge in [0.1, 0.15) is 5.60 Å². The van der Waals surface area contributed by atoms with Crippen LogP contribution in [0.2, 0.25) is 0 Å². The number of imide groups is 1. The van der Waals surface area contributed by atoms with Gasteiger partial charge in [-0.2, -0.15) is 0 Å². The van der Waals surface area contributed by atoms with Crippen molar-refractivity contribution in [2.45, 2.75) is 59.1 Å². The SMILES string of the molecule is C=CCNC(=O)NC(=O)CN1CCC[C@@H](CN(C(=O)OC(C)(C)C)C(C)C)C1. The fraction of sp³-hybridized carbons (Fsp3) is 0.750. The van der Waals surface area contributed by atoms with E-state index in [0.717, 1.165) is 19.4 Å². The average Bonchev–Trinajstić information content (AvgIpc) is 2.56. The van der Waals surface area contributed by atoms with Crippen molar-refractivity contribution in [3.05, 3.63) is 12.7 Å². The Balaban J connectivity index is 2.56. The van der Waals surface area contributed by atoms with Crippen molar-refractivity contribution in [1.82, 2.24) is 20.4 Å². The van der Waals surface area contributed by atoms with E-state index in [9.17, 15) is 14.4 Å². The van der Waals surface area contributed by atoms with Gasteiger partial charge in [-0.3, -0.25) is 15.0 Å². The van der Waals surface area contributed by atoms with Crippen molar-refractivity contribution < 1.29 is 19.1 Å². The van der Waals surface area contributed by atoms with Crippen LogP contribution >= 0.6 is 0 Å². The number of carbonyl (C=O) groups is 3. The third-order valence-electron chi connectivity index (χ3n) is 4.34. The molecule has 1 heterocycles. The van der Waals surface area contributed by atoms with Crippen LogP contribution in [0, 0.1) is 5.92 Å². The van der Waals surface area contributed by atoms with Gasteiger partial charge in [0.15, 0.2) is 0 Å². The maximum absolute atomic E-state index is 12.5. The normalized spacial score (nSPS) is 17.7. The summed E-state index contributed by atoms with van der Waals surface area (Å²) >= 11 is 0. The van der Waals surface area contributed by atoms with E-state index >= 15 is 0 Å². The van der Waals surface area contributed by atoms with Gasteiger partial charge in [0, 0.05) is 25.7 Å². The van der Waals surface area contributed by atoms with E-state index in [1.807, 2.05) is 39.5 Å². The lowest BCUT2D eigenvalue weighted by Gasteiger charge is -2.37. The molecule has 8 nitrogen and oxygen atoms in total. The molecule has 28 heavy (non-hydrogen) atoms. The fourth-order valence-electron chi connectivity index (χ4n) is 3.12. The molecule has 0 aliphatic carbocycles. The zero-order chi connectivity index (χ0) is 21.3. The molecule has 0 spiro atoms. The van der Waals surface area contributed by atoms with Gasteiger partial charge in [-0.1, -0.05) is 6.08 Å². The average molecular weight is 397 g/mol. The lowest BCUT2D eigenvalue weighted by Crippen LogP contribution is -2.49. The number of amides is 4. The van der Waals surface area contributed by atoms with Crippen LogP contribution in [0.3, 0.4) is 0 Å². The van der Waals surface area contributed by atoms with E-state index in [0.29, 0.717) is 19.6 Å². The highest BCUT2D eigenvalue weighted by Crippen LogP contribution is 2.20. The Morgan fingerprint density at radius 2 is 2.00 bits per heavy atom. The van der Waals surface area contributed by atoms with Crippen LogP contribution in [-0.4, -0.2) is 72.2 Å². The summed E-state index contributed by atoms with van der Waals surface area (Å²) in [5, 5.41) is 4.83. The lowest BCUT2D eigenvalue weighted by atomic mass is 9.97. The number of hydrogen-bond donors (Lipinski definition) is 2. The molecule has 0 radical (unpaired) electrons. The van der Waals surface area contributed by atoms with Gasteiger partial charge in [0.25, 0.3) is 0 Å². The molecule has 1 aliphatic rings. The van der Waals surface area contributed by atoms with Crippen LogP contribution in [-0.2, 0) is 9.53 Å². The molecule has 1 rings (SSSR count). The van der Waals surface area contributed by atoms with Gasteiger partial charge in [0.05, 0.1) is 6.54 Å². The highest BCUT2D eigenvalue weighted by Gasteiger charge is 2.29. The second-order valence-electron chi connectivity index (χ2n) is 8.52. The molecule has 160 valence electrons. The molecule has 0 aromatic rings. The highest BCUT2D eigenvalue weighted by atomic mass is 16.6. The number of likely N-dealkylation sites (tertiary alicyclic amines) is 1. The lowest BCUT2D eigenvalue weighted by molar-refractivity contribution is -0.121. The number of piperidine rings is 1. The van der Waals surface area contributed by atoms with Crippen LogP contribution in [0.15, 0.2) is 12.7 Å². The molecule has 4 amide bonds. The van der Waals surface area contributed by atoms with Crippen LogP contribution in [0.1, 0.15) is 47.5 Å². The maximum Gasteiger partial charge on any atom is 0.410 e. The first-order chi connectivity index (χ1) is 13.0. The molecule has 0 aromatic carbocycles. The standard InChI is InChI=1S/C20H36N4O4/c1-7-10-21-18(26)22-17(25)14-23-11-8-9-16(12-23)13-24(15(2)3)19(27)28-20(4,5)6/h7,15-16H,1,8-14H2,2-6H3,(H2,21,22,25,26)/t16-/m1/s1. The molecule has 0 saturated carbocycles. The van der Waals surface area contributed by atoms with Gasteiger partial charge in [0.2, 0.25) is 5.91 Å². The number of urea groups is 1. The van der Waals surface area contributed by atoms with Crippen LogP contribution in [0.5, 0.6) is 0 Å². The van der Waals surface area contributed by atoms with Gasteiger partial charge in [-0.25, -0.2) is 9.59 Å². The molecule has 1 fully saturated rings. The Kier molecular flexibility index (Phi) is 9.45. The number of hydrogen-bond acceptors (Lipinski definition) is 5. The first-order valence-electron chi connectivity index (χ1n) is 9.92. The van der Waals surface area contributed by atoms with Crippen molar-refractivity contribution in [2.75, 3.05) is 32.7 Å². The number of nitrogens with one attached hydrogen (secondary N) is 2. The zero-order valence-electron chi connectivity index (χ0n) is 17.9. The van der Waals surface area contributed by atoms with Gasteiger partial charge < -0.3 is 15.0 Å². The number of rotatable bonds is 7. The van der Waals surface area contributed by atoms with E-state index in [-0.39, 0.29) is 30.5 Å². The quantitative estimate of drug-likeness (QED) is 0.645. The summed E-state index contributed by atoms with van der Waals surface area (Å²) in [6, 6.07) is -0.489. The molecule has 0 bridgehead atoms.